The third-order valence-corrected chi connectivity index (χ3v) is 1.82. The standard InChI is InChI=1S/C10H8F4O3/c11-7-1-6(4-15)2-8(3-7)17-5-9(16)10(12,13)14/h1-4,9,16H,5H2. The summed E-state index contributed by atoms with van der Waals surface area (Å²) in [7, 11) is 0. The summed E-state index contributed by atoms with van der Waals surface area (Å²) in [6.07, 6.45) is -7.14. The van der Waals surface area contributed by atoms with E-state index in [1.807, 2.05) is 0 Å². The summed E-state index contributed by atoms with van der Waals surface area (Å²) < 4.78 is 53.1. The van der Waals surface area contributed by atoms with Crippen LogP contribution in [0.15, 0.2) is 18.2 Å². The number of benzene rings is 1. The molecule has 0 saturated carbocycles. The Labute approximate surface area is 93.6 Å². The van der Waals surface area contributed by atoms with Gasteiger partial charge in [-0.25, -0.2) is 4.39 Å². The Kier molecular flexibility index (Phi) is 4.06. The smallest absolute Gasteiger partial charge is 0.417 e. The first-order chi connectivity index (χ1) is 7.82. The number of rotatable bonds is 4. The maximum Gasteiger partial charge on any atom is 0.417 e. The molecule has 1 N–H and O–H groups in total. The average molecular weight is 252 g/mol. The molecule has 0 heterocycles. The Balaban J connectivity index is 2.69. The van der Waals surface area contributed by atoms with Gasteiger partial charge in [-0.3, -0.25) is 4.79 Å². The molecule has 3 nitrogen and oxygen atoms in total. The van der Waals surface area contributed by atoms with Gasteiger partial charge in [-0.1, -0.05) is 0 Å². The highest BCUT2D eigenvalue weighted by molar-refractivity contribution is 5.75. The molecule has 0 saturated heterocycles. The van der Waals surface area contributed by atoms with Crippen LogP contribution in [0.4, 0.5) is 17.6 Å². The lowest BCUT2D eigenvalue weighted by atomic mass is 10.2. The van der Waals surface area contributed by atoms with Crippen molar-refractivity contribution in [3.63, 3.8) is 0 Å². The van der Waals surface area contributed by atoms with Gasteiger partial charge in [-0.05, 0) is 12.1 Å². The molecule has 0 aliphatic carbocycles. The lowest BCUT2D eigenvalue weighted by molar-refractivity contribution is -0.210. The normalized spacial score (nSPS) is 13.2. The minimum absolute atomic E-state index is 0.0681. The fraction of sp³-hybridized carbons (Fsp3) is 0.300. The molecule has 17 heavy (non-hydrogen) atoms. The zero-order valence-corrected chi connectivity index (χ0v) is 8.37. The van der Waals surface area contributed by atoms with E-state index in [4.69, 9.17) is 5.11 Å². The number of ether oxygens (including phenoxy) is 1. The van der Waals surface area contributed by atoms with Crippen LogP contribution >= 0.6 is 0 Å². The topological polar surface area (TPSA) is 46.5 Å². The number of aliphatic hydroxyl groups is 1. The number of hydrogen-bond donors (Lipinski definition) is 1. The Hall–Kier alpha value is -1.63. The van der Waals surface area contributed by atoms with E-state index >= 15 is 0 Å². The molecule has 0 aromatic heterocycles. The third kappa shape index (κ3) is 4.03. The summed E-state index contributed by atoms with van der Waals surface area (Å²) in [6, 6.07) is 2.79. The lowest BCUT2D eigenvalue weighted by Gasteiger charge is -2.15. The first kappa shape index (κ1) is 13.4. The lowest BCUT2D eigenvalue weighted by Crippen LogP contribution is -2.34. The van der Waals surface area contributed by atoms with Crippen molar-refractivity contribution in [2.45, 2.75) is 12.3 Å². The number of alkyl halides is 3. The Morgan fingerprint density at radius 3 is 2.53 bits per heavy atom. The van der Waals surface area contributed by atoms with Crippen molar-refractivity contribution < 1.29 is 32.2 Å². The van der Waals surface area contributed by atoms with Crippen LogP contribution in [0.2, 0.25) is 0 Å². The summed E-state index contributed by atoms with van der Waals surface area (Å²) in [6.45, 7) is -1.06. The fourth-order valence-electron chi connectivity index (χ4n) is 1.01. The van der Waals surface area contributed by atoms with Gasteiger partial charge in [0.2, 0.25) is 0 Å². The Morgan fingerprint density at radius 1 is 1.35 bits per heavy atom. The molecule has 0 amide bonds. The number of hydrogen-bond acceptors (Lipinski definition) is 3. The van der Waals surface area contributed by atoms with Gasteiger partial charge in [0.05, 0.1) is 0 Å². The highest BCUT2D eigenvalue weighted by Crippen LogP contribution is 2.22. The molecule has 94 valence electrons. The molecule has 1 aromatic carbocycles. The van der Waals surface area contributed by atoms with Crippen molar-refractivity contribution in [2.75, 3.05) is 6.61 Å². The first-order valence-corrected chi connectivity index (χ1v) is 4.46. The summed E-state index contributed by atoms with van der Waals surface area (Å²) in [5.41, 5.74) is -0.0681. The zero-order valence-electron chi connectivity index (χ0n) is 8.37. The Bertz CT molecular complexity index is 403. The predicted octanol–water partition coefficient (Wildman–Crippen LogP) is 1.94. The van der Waals surface area contributed by atoms with Gasteiger partial charge in [0.25, 0.3) is 0 Å². The van der Waals surface area contributed by atoms with Gasteiger partial charge in [-0.2, -0.15) is 13.2 Å². The van der Waals surface area contributed by atoms with Crippen LogP contribution in [0.1, 0.15) is 10.4 Å². The van der Waals surface area contributed by atoms with E-state index < -0.39 is 24.7 Å². The monoisotopic (exact) mass is 252 g/mol. The van der Waals surface area contributed by atoms with Crippen LogP contribution < -0.4 is 4.74 Å². The van der Waals surface area contributed by atoms with Crippen LogP contribution in [0.3, 0.4) is 0 Å². The highest BCUT2D eigenvalue weighted by Gasteiger charge is 2.38. The van der Waals surface area contributed by atoms with Crippen LogP contribution in [-0.2, 0) is 0 Å². The van der Waals surface area contributed by atoms with Gasteiger partial charge in [0, 0.05) is 11.6 Å². The van der Waals surface area contributed by atoms with E-state index in [0.29, 0.717) is 6.29 Å². The number of aliphatic hydroxyl groups excluding tert-OH is 1. The highest BCUT2D eigenvalue weighted by atomic mass is 19.4. The zero-order chi connectivity index (χ0) is 13.1. The van der Waals surface area contributed by atoms with Crippen molar-refractivity contribution in [3.8, 4) is 5.75 Å². The second-order valence-electron chi connectivity index (χ2n) is 3.21. The van der Waals surface area contributed by atoms with Crippen LogP contribution in [0, 0.1) is 5.82 Å². The largest absolute Gasteiger partial charge is 0.490 e. The molecule has 0 bridgehead atoms. The van der Waals surface area contributed by atoms with E-state index in [2.05, 4.69) is 4.74 Å². The van der Waals surface area contributed by atoms with Gasteiger partial charge < -0.3 is 9.84 Å². The van der Waals surface area contributed by atoms with Gasteiger partial charge in [0.1, 0.15) is 24.5 Å². The number of carbonyl (C=O) groups excluding carboxylic acids is 1. The minimum Gasteiger partial charge on any atom is -0.490 e. The molecule has 1 rings (SSSR count). The van der Waals surface area contributed by atoms with Crippen LogP contribution in [0.25, 0.3) is 0 Å². The number of halogens is 4. The van der Waals surface area contributed by atoms with E-state index in [-0.39, 0.29) is 11.3 Å². The number of carbonyl (C=O) groups is 1. The molecule has 0 radical (unpaired) electrons. The quantitative estimate of drug-likeness (QED) is 0.658. The van der Waals surface area contributed by atoms with Gasteiger partial charge in [0.15, 0.2) is 6.10 Å². The van der Waals surface area contributed by atoms with Crippen molar-refractivity contribution in [1.29, 1.82) is 0 Å². The first-order valence-electron chi connectivity index (χ1n) is 4.46. The van der Waals surface area contributed by atoms with Crippen molar-refractivity contribution in [2.24, 2.45) is 0 Å². The molecular weight excluding hydrogens is 244 g/mol. The van der Waals surface area contributed by atoms with E-state index in [9.17, 15) is 22.4 Å². The van der Waals surface area contributed by atoms with Gasteiger partial charge in [-0.15, -0.1) is 0 Å². The second-order valence-corrected chi connectivity index (χ2v) is 3.21. The summed E-state index contributed by atoms with van der Waals surface area (Å²) in [5.74, 6) is -1.07. The molecule has 0 aliphatic heterocycles. The van der Waals surface area contributed by atoms with Crippen LogP contribution in [-0.4, -0.2) is 30.3 Å². The molecule has 7 heteroatoms. The van der Waals surface area contributed by atoms with Crippen molar-refractivity contribution >= 4 is 6.29 Å². The van der Waals surface area contributed by atoms with Crippen molar-refractivity contribution in [3.05, 3.63) is 29.6 Å². The van der Waals surface area contributed by atoms with Crippen molar-refractivity contribution in [1.82, 2.24) is 0 Å². The average Bonchev–Trinajstić information content (AvgIpc) is 2.23. The molecule has 0 fully saturated rings. The molecule has 0 aliphatic rings. The maximum absolute atomic E-state index is 12.8. The summed E-state index contributed by atoms with van der Waals surface area (Å²) >= 11 is 0. The van der Waals surface area contributed by atoms with E-state index in [1.165, 1.54) is 0 Å². The van der Waals surface area contributed by atoms with E-state index in [0.717, 1.165) is 18.2 Å². The number of aldehydes is 1. The SMILES string of the molecule is O=Cc1cc(F)cc(OCC(O)C(F)(F)F)c1. The summed E-state index contributed by atoms with van der Waals surface area (Å²) in [4.78, 5) is 10.4. The second kappa shape index (κ2) is 5.13. The molecule has 1 aromatic rings. The maximum atomic E-state index is 12.8. The Morgan fingerprint density at radius 2 is 2.00 bits per heavy atom. The molecule has 1 unspecified atom stereocenters. The van der Waals surface area contributed by atoms with E-state index in [1.54, 1.807) is 0 Å². The fourth-order valence-corrected chi connectivity index (χ4v) is 1.01. The molecule has 0 spiro atoms. The molecule has 1 atom stereocenters. The minimum atomic E-state index is -4.80. The van der Waals surface area contributed by atoms with Crippen LogP contribution in [0.5, 0.6) is 5.75 Å². The predicted molar refractivity (Wildman–Crippen MR) is 49.3 cm³/mol. The third-order valence-electron chi connectivity index (χ3n) is 1.82. The molecular formula is C10H8F4O3. The van der Waals surface area contributed by atoms with Gasteiger partial charge >= 0.3 is 6.18 Å². The summed E-state index contributed by atoms with van der Waals surface area (Å²) in [5, 5.41) is 8.63.